The van der Waals surface area contributed by atoms with E-state index in [1.807, 2.05) is 69.3 Å². The summed E-state index contributed by atoms with van der Waals surface area (Å²) >= 11 is 0. The summed E-state index contributed by atoms with van der Waals surface area (Å²) in [4.78, 5) is 27.7. The van der Waals surface area contributed by atoms with E-state index in [2.05, 4.69) is 5.32 Å². The predicted octanol–water partition coefficient (Wildman–Crippen LogP) is 3.71. The highest BCUT2D eigenvalue weighted by Crippen LogP contribution is 2.22. The molecule has 0 aliphatic rings. The van der Waals surface area contributed by atoms with E-state index < -0.39 is 22.0 Å². The first-order chi connectivity index (χ1) is 16.5. The Bertz CT molecular complexity index is 1300. The van der Waals surface area contributed by atoms with Gasteiger partial charge in [-0.15, -0.1) is 0 Å². The van der Waals surface area contributed by atoms with Gasteiger partial charge in [-0.1, -0.05) is 60.2 Å². The standard InChI is InChI=1S/C27H33N3O4S/c1-19(2)28-27(32)21(4)30(17-22-12-10-20(3)11-13-22)26(31)18-29(5)35(33,34)25-15-14-23-8-6-7-9-24(23)16-25/h6-16,19,21H,17-18H2,1-5H3,(H,28,32). The average molecular weight is 496 g/mol. The van der Waals surface area contributed by atoms with Crippen molar-refractivity contribution in [2.24, 2.45) is 0 Å². The van der Waals surface area contributed by atoms with E-state index >= 15 is 0 Å². The number of hydrogen-bond donors (Lipinski definition) is 1. The van der Waals surface area contributed by atoms with Crippen molar-refractivity contribution in [1.82, 2.24) is 14.5 Å². The van der Waals surface area contributed by atoms with Crippen molar-refractivity contribution in [2.45, 2.75) is 51.2 Å². The fourth-order valence-electron chi connectivity index (χ4n) is 3.75. The van der Waals surface area contributed by atoms with Crippen LogP contribution in [0.25, 0.3) is 10.8 Å². The lowest BCUT2D eigenvalue weighted by Crippen LogP contribution is -2.51. The Morgan fingerprint density at radius 1 is 0.914 bits per heavy atom. The topological polar surface area (TPSA) is 86.8 Å². The van der Waals surface area contributed by atoms with Crippen molar-refractivity contribution in [1.29, 1.82) is 0 Å². The molecule has 0 aliphatic heterocycles. The Kier molecular flexibility index (Phi) is 8.30. The Morgan fingerprint density at radius 2 is 1.54 bits per heavy atom. The van der Waals surface area contributed by atoms with E-state index in [1.165, 1.54) is 11.9 Å². The van der Waals surface area contributed by atoms with Gasteiger partial charge in [-0.2, -0.15) is 4.31 Å². The quantitative estimate of drug-likeness (QED) is 0.490. The second-order valence-electron chi connectivity index (χ2n) is 9.12. The molecule has 0 saturated carbocycles. The summed E-state index contributed by atoms with van der Waals surface area (Å²) in [6, 6.07) is 19.2. The van der Waals surface area contributed by atoms with Gasteiger partial charge in [-0.05, 0) is 56.2 Å². The third-order valence-electron chi connectivity index (χ3n) is 5.86. The van der Waals surface area contributed by atoms with Gasteiger partial charge in [0, 0.05) is 19.6 Å². The third kappa shape index (κ3) is 6.46. The van der Waals surface area contributed by atoms with E-state index in [9.17, 15) is 18.0 Å². The maximum atomic E-state index is 13.4. The Morgan fingerprint density at radius 3 is 2.17 bits per heavy atom. The molecule has 3 rings (SSSR count). The van der Waals surface area contributed by atoms with Crippen LogP contribution in [0.5, 0.6) is 0 Å². The van der Waals surface area contributed by atoms with Gasteiger partial charge in [0.25, 0.3) is 0 Å². The highest BCUT2D eigenvalue weighted by molar-refractivity contribution is 7.89. The number of carbonyl (C=O) groups excluding carboxylic acids is 2. The van der Waals surface area contributed by atoms with Gasteiger partial charge < -0.3 is 10.2 Å². The van der Waals surface area contributed by atoms with E-state index in [1.54, 1.807) is 25.1 Å². The number of benzene rings is 3. The minimum Gasteiger partial charge on any atom is -0.352 e. The number of sulfonamides is 1. The average Bonchev–Trinajstić information content (AvgIpc) is 2.82. The number of likely N-dealkylation sites (N-methyl/N-ethyl adjacent to an activating group) is 1. The smallest absolute Gasteiger partial charge is 0.243 e. The van der Waals surface area contributed by atoms with Gasteiger partial charge in [0.1, 0.15) is 6.04 Å². The molecule has 3 aromatic carbocycles. The van der Waals surface area contributed by atoms with Crippen LogP contribution >= 0.6 is 0 Å². The molecule has 186 valence electrons. The minimum atomic E-state index is -3.92. The van der Waals surface area contributed by atoms with Crippen molar-refractivity contribution in [3.63, 3.8) is 0 Å². The maximum absolute atomic E-state index is 13.4. The molecule has 1 unspecified atom stereocenters. The molecule has 0 heterocycles. The molecule has 0 fully saturated rings. The fraction of sp³-hybridized carbons (Fsp3) is 0.333. The van der Waals surface area contributed by atoms with Crippen LogP contribution < -0.4 is 5.32 Å². The summed E-state index contributed by atoms with van der Waals surface area (Å²) in [5.41, 5.74) is 1.94. The lowest BCUT2D eigenvalue weighted by molar-refractivity contribution is -0.140. The molecule has 1 atom stereocenters. The predicted molar refractivity (Wildman–Crippen MR) is 138 cm³/mol. The van der Waals surface area contributed by atoms with Gasteiger partial charge in [-0.25, -0.2) is 8.42 Å². The summed E-state index contributed by atoms with van der Waals surface area (Å²) in [6.07, 6.45) is 0. The summed E-state index contributed by atoms with van der Waals surface area (Å²) in [6.45, 7) is 7.12. The number of hydrogen-bond acceptors (Lipinski definition) is 4. The van der Waals surface area contributed by atoms with Gasteiger partial charge in [0.2, 0.25) is 21.8 Å². The number of aryl methyl sites for hydroxylation is 1. The summed E-state index contributed by atoms with van der Waals surface area (Å²) < 4.78 is 27.5. The van der Waals surface area contributed by atoms with Crippen molar-refractivity contribution in [3.05, 3.63) is 77.9 Å². The zero-order chi connectivity index (χ0) is 25.8. The molecule has 0 bridgehead atoms. The summed E-state index contributed by atoms with van der Waals surface area (Å²) in [5, 5.41) is 4.56. The van der Waals surface area contributed by atoms with Crippen LogP contribution in [0, 0.1) is 6.92 Å². The van der Waals surface area contributed by atoms with Gasteiger partial charge in [0.05, 0.1) is 11.4 Å². The maximum Gasteiger partial charge on any atom is 0.243 e. The number of rotatable bonds is 9. The number of carbonyl (C=O) groups is 2. The zero-order valence-corrected chi connectivity index (χ0v) is 21.7. The normalized spacial score (nSPS) is 12.7. The van der Waals surface area contributed by atoms with Crippen molar-refractivity contribution in [2.75, 3.05) is 13.6 Å². The first kappa shape index (κ1) is 26.4. The molecule has 1 N–H and O–H groups in total. The number of nitrogens with zero attached hydrogens (tertiary/aromatic N) is 2. The first-order valence-corrected chi connectivity index (χ1v) is 13.0. The molecule has 0 aliphatic carbocycles. The summed E-state index contributed by atoms with van der Waals surface area (Å²) in [7, 11) is -2.54. The van der Waals surface area contributed by atoms with Crippen LogP contribution in [0.15, 0.2) is 71.6 Å². The molecular formula is C27H33N3O4S. The van der Waals surface area contributed by atoms with Gasteiger partial charge in [-0.3, -0.25) is 9.59 Å². The van der Waals surface area contributed by atoms with Gasteiger partial charge >= 0.3 is 0 Å². The molecule has 35 heavy (non-hydrogen) atoms. The van der Waals surface area contributed by atoms with Crippen LogP contribution in [0.2, 0.25) is 0 Å². The largest absolute Gasteiger partial charge is 0.352 e. The third-order valence-corrected chi connectivity index (χ3v) is 7.66. The number of fused-ring (bicyclic) bond motifs is 1. The minimum absolute atomic E-state index is 0.0859. The summed E-state index contributed by atoms with van der Waals surface area (Å²) in [5.74, 6) is -0.746. The van der Waals surface area contributed by atoms with Crippen LogP contribution in [0.4, 0.5) is 0 Å². The van der Waals surface area contributed by atoms with Crippen molar-refractivity contribution >= 4 is 32.6 Å². The highest BCUT2D eigenvalue weighted by atomic mass is 32.2. The van der Waals surface area contributed by atoms with E-state index in [0.29, 0.717) is 0 Å². The Hall–Kier alpha value is -3.23. The number of amides is 2. The second kappa shape index (κ2) is 11.0. The molecule has 2 amide bonds. The van der Waals surface area contributed by atoms with E-state index in [0.717, 1.165) is 26.2 Å². The van der Waals surface area contributed by atoms with Crippen LogP contribution in [0.1, 0.15) is 31.9 Å². The highest BCUT2D eigenvalue weighted by Gasteiger charge is 2.30. The second-order valence-corrected chi connectivity index (χ2v) is 11.2. The molecule has 0 saturated heterocycles. The molecular weight excluding hydrogens is 462 g/mol. The lowest BCUT2D eigenvalue weighted by atomic mass is 10.1. The van der Waals surface area contributed by atoms with Crippen molar-refractivity contribution in [3.8, 4) is 0 Å². The van der Waals surface area contributed by atoms with Crippen LogP contribution in [-0.2, 0) is 26.2 Å². The molecule has 7 nitrogen and oxygen atoms in total. The molecule has 0 spiro atoms. The monoisotopic (exact) mass is 495 g/mol. The molecule has 3 aromatic rings. The molecule has 0 radical (unpaired) electrons. The van der Waals surface area contributed by atoms with Gasteiger partial charge in [0.15, 0.2) is 0 Å². The Balaban J connectivity index is 1.84. The van der Waals surface area contributed by atoms with Crippen molar-refractivity contribution < 1.29 is 18.0 Å². The van der Waals surface area contributed by atoms with Crippen LogP contribution in [-0.4, -0.2) is 55.1 Å². The molecule has 0 aromatic heterocycles. The fourth-order valence-corrected chi connectivity index (χ4v) is 4.91. The van der Waals surface area contributed by atoms with E-state index in [4.69, 9.17) is 0 Å². The van der Waals surface area contributed by atoms with E-state index in [-0.39, 0.29) is 29.9 Å². The lowest BCUT2D eigenvalue weighted by Gasteiger charge is -2.30. The SMILES string of the molecule is Cc1ccc(CN(C(=O)CN(C)S(=O)(=O)c2ccc3ccccc3c2)C(C)C(=O)NC(C)C)cc1. The van der Waals surface area contributed by atoms with Crippen LogP contribution in [0.3, 0.4) is 0 Å². The Labute approximate surface area is 207 Å². The zero-order valence-electron chi connectivity index (χ0n) is 20.9. The number of nitrogens with one attached hydrogen (secondary N) is 1. The first-order valence-electron chi connectivity index (χ1n) is 11.6. The molecule has 8 heteroatoms.